The Morgan fingerprint density at radius 1 is 1.09 bits per heavy atom. The van der Waals surface area contributed by atoms with E-state index in [4.69, 9.17) is 23.2 Å². The van der Waals surface area contributed by atoms with Gasteiger partial charge in [0.25, 0.3) is 11.8 Å². The molecule has 0 unspecified atom stereocenters. The molecule has 1 N–H and O–H groups in total. The first-order valence-electron chi connectivity index (χ1n) is 7.80. The van der Waals surface area contributed by atoms with Gasteiger partial charge in [-0.2, -0.15) is 0 Å². The fraction of sp³-hybridized carbons (Fsp3) is 0.412. The van der Waals surface area contributed by atoms with Gasteiger partial charge in [0.05, 0.1) is 0 Å². The summed E-state index contributed by atoms with van der Waals surface area (Å²) < 4.78 is 0. The fourth-order valence-corrected chi connectivity index (χ4v) is 3.65. The van der Waals surface area contributed by atoms with Crippen LogP contribution < -0.4 is 5.32 Å². The highest BCUT2D eigenvalue weighted by Gasteiger charge is 2.42. The van der Waals surface area contributed by atoms with Crippen LogP contribution >= 0.6 is 23.2 Å². The number of hydrogen-bond donors (Lipinski definition) is 1. The van der Waals surface area contributed by atoms with Crippen molar-refractivity contribution in [1.29, 1.82) is 0 Å². The zero-order valence-corrected chi connectivity index (χ0v) is 14.4. The molecule has 0 atom stereocenters. The second kappa shape index (κ2) is 6.54. The third-order valence-corrected chi connectivity index (χ3v) is 5.03. The number of anilines is 1. The van der Waals surface area contributed by atoms with Crippen LogP contribution in [0.25, 0.3) is 0 Å². The van der Waals surface area contributed by atoms with Gasteiger partial charge in [-0.3, -0.25) is 14.5 Å². The predicted octanol–water partition coefficient (Wildman–Crippen LogP) is 4.21. The van der Waals surface area contributed by atoms with E-state index in [1.807, 2.05) is 6.92 Å². The molecule has 0 saturated heterocycles. The summed E-state index contributed by atoms with van der Waals surface area (Å²) in [7, 11) is 0. The molecule has 1 saturated carbocycles. The van der Waals surface area contributed by atoms with Gasteiger partial charge in [0.1, 0.15) is 10.7 Å². The molecule has 1 heterocycles. The van der Waals surface area contributed by atoms with Gasteiger partial charge in [-0.25, -0.2) is 0 Å². The molecule has 122 valence electrons. The molecule has 1 aromatic carbocycles. The van der Waals surface area contributed by atoms with E-state index in [9.17, 15) is 9.59 Å². The summed E-state index contributed by atoms with van der Waals surface area (Å²) in [6.45, 7) is 1.88. The lowest BCUT2D eigenvalue weighted by Crippen LogP contribution is -2.42. The molecular weight excluding hydrogens is 335 g/mol. The molecule has 6 heteroatoms. The Kier molecular flexibility index (Phi) is 4.64. The van der Waals surface area contributed by atoms with E-state index in [1.165, 1.54) is 4.90 Å². The van der Waals surface area contributed by atoms with Crippen LogP contribution in [0.5, 0.6) is 0 Å². The zero-order valence-electron chi connectivity index (χ0n) is 12.9. The number of amides is 2. The number of hydrogen-bond acceptors (Lipinski definition) is 3. The molecule has 1 aliphatic heterocycles. The fourth-order valence-electron chi connectivity index (χ4n) is 3.20. The highest BCUT2D eigenvalue weighted by Crippen LogP contribution is 2.33. The number of benzene rings is 1. The molecule has 1 aliphatic carbocycles. The quantitative estimate of drug-likeness (QED) is 0.828. The monoisotopic (exact) mass is 352 g/mol. The number of carbonyl (C=O) groups excluding carboxylic acids is 2. The van der Waals surface area contributed by atoms with Gasteiger partial charge in [0.2, 0.25) is 0 Å². The predicted molar refractivity (Wildman–Crippen MR) is 91.4 cm³/mol. The van der Waals surface area contributed by atoms with Crippen molar-refractivity contribution in [3.05, 3.63) is 39.5 Å². The maximum atomic E-state index is 12.7. The summed E-state index contributed by atoms with van der Waals surface area (Å²) in [5, 5.41) is 3.60. The van der Waals surface area contributed by atoms with E-state index in [1.54, 1.807) is 18.2 Å². The van der Waals surface area contributed by atoms with Gasteiger partial charge in [-0.05, 0) is 43.5 Å². The number of nitrogens with zero attached hydrogens (tertiary/aromatic N) is 1. The Bertz CT molecular complexity index is 694. The minimum Gasteiger partial charge on any atom is -0.349 e. The summed E-state index contributed by atoms with van der Waals surface area (Å²) in [5.41, 5.74) is 1.76. The third kappa shape index (κ3) is 3.10. The molecule has 0 spiro atoms. The van der Waals surface area contributed by atoms with Crippen molar-refractivity contribution >= 4 is 40.7 Å². The van der Waals surface area contributed by atoms with Crippen LogP contribution in [0.15, 0.2) is 28.9 Å². The zero-order chi connectivity index (χ0) is 16.6. The van der Waals surface area contributed by atoms with Crippen molar-refractivity contribution in [3.63, 3.8) is 0 Å². The van der Waals surface area contributed by atoms with Crippen molar-refractivity contribution in [3.8, 4) is 0 Å². The van der Waals surface area contributed by atoms with Crippen molar-refractivity contribution < 1.29 is 9.59 Å². The van der Waals surface area contributed by atoms with E-state index in [2.05, 4.69) is 5.32 Å². The maximum Gasteiger partial charge on any atom is 0.279 e. The molecule has 2 aliphatic rings. The van der Waals surface area contributed by atoms with Gasteiger partial charge < -0.3 is 5.32 Å². The molecule has 23 heavy (non-hydrogen) atoms. The number of aryl methyl sites for hydroxylation is 1. The Morgan fingerprint density at radius 3 is 2.43 bits per heavy atom. The van der Waals surface area contributed by atoms with E-state index >= 15 is 0 Å². The summed E-state index contributed by atoms with van der Waals surface area (Å²) in [6, 6.07) is 5.25. The number of halogens is 2. The van der Waals surface area contributed by atoms with Crippen LogP contribution in [0.2, 0.25) is 5.02 Å². The minimum atomic E-state index is -0.391. The van der Waals surface area contributed by atoms with Crippen LogP contribution in [0.4, 0.5) is 5.69 Å². The van der Waals surface area contributed by atoms with E-state index < -0.39 is 5.91 Å². The van der Waals surface area contributed by atoms with Crippen molar-refractivity contribution in [1.82, 2.24) is 4.90 Å². The molecule has 3 rings (SSSR count). The highest BCUT2D eigenvalue weighted by atomic mass is 35.5. The summed E-state index contributed by atoms with van der Waals surface area (Å²) >= 11 is 12.1. The van der Waals surface area contributed by atoms with Crippen molar-refractivity contribution in [2.45, 2.75) is 45.1 Å². The maximum absolute atomic E-state index is 12.7. The molecular formula is C17H18Cl2N2O2. The van der Waals surface area contributed by atoms with E-state index in [0.29, 0.717) is 10.7 Å². The van der Waals surface area contributed by atoms with Crippen LogP contribution in [0, 0.1) is 6.92 Å². The lowest BCUT2D eigenvalue weighted by Gasteiger charge is -2.29. The van der Waals surface area contributed by atoms with Gasteiger partial charge in [0.15, 0.2) is 0 Å². The first-order valence-corrected chi connectivity index (χ1v) is 8.55. The first kappa shape index (κ1) is 16.3. The average Bonchev–Trinajstić information content (AvgIpc) is 2.74. The van der Waals surface area contributed by atoms with Gasteiger partial charge >= 0.3 is 0 Å². The molecule has 4 nitrogen and oxygen atoms in total. The molecule has 0 radical (unpaired) electrons. The first-order chi connectivity index (χ1) is 11.0. The number of nitrogens with one attached hydrogen (secondary N) is 1. The largest absolute Gasteiger partial charge is 0.349 e. The summed E-state index contributed by atoms with van der Waals surface area (Å²) in [4.78, 5) is 26.4. The highest BCUT2D eigenvalue weighted by molar-refractivity contribution is 6.48. The molecule has 2 amide bonds. The Labute approximate surface area is 145 Å². The Balaban J connectivity index is 1.84. The smallest absolute Gasteiger partial charge is 0.279 e. The Hall–Kier alpha value is -1.52. The molecule has 1 fully saturated rings. The molecule has 0 aromatic heterocycles. The third-order valence-electron chi connectivity index (χ3n) is 4.45. The summed E-state index contributed by atoms with van der Waals surface area (Å²) in [5.74, 6) is -0.723. The van der Waals surface area contributed by atoms with Crippen LogP contribution in [0.3, 0.4) is 0 Å². The second-order valence-corrected chi connectivity index (χ2v) is 6.86. The number of imide groups is 1. The SMILES string of the molecule is Cc1cc(Cl)ccc1NC1=C(Cl)C(=O)N(C2CCCCC2)C1=O. The van der Waals surface area contributed by atoms with Gasteiger partial charge in [0, 0.05) is 16.8 Å². The average molecular weight is 353 g/mol. The van der Waals surface area contributed by atoms with Gasteiger partial charge in [-0.1, -0.05) is 42.5 Å². The van der Waals surface area contributed by atoms with Crippen molar-refractivity contribution in [2.75, 3.05) is 5.32 Å². The molecule has 1 aromatic rings. The lowest BCUT2D eigenvalue weighted by molar-refractivity contribution is -0.140. The van der Waals surface area contributed by atoms with Crippen molar-refractivity contribution in [2.24, 2.45) is 0 Å². The normalized spacial score (nSPS) is 19.7. The minimum absolute atomic E-state index is 0.0325. The topological polar surface area (TPSA) is 49.4 Å². The van der Waals surface area contributed by atoms with E-state index in [-0.39, 0.29) is 22.7 Å². The van der Waals surface area contributed by atoms with Crippen LogP contribution in [0.1, 0.15) is 37.7 Å². The standard InChI is InChI=1S/C17H18Cl2N2O2/c1-10-9-11(18)7-8-13(10)20-15-14(19)16(22)21(17(15)23)12-5-3-2-4-6-12/h7-9,12,20H,2-6H2,1H3. The summed E-state index contributed by atoms with van der Waals surface area (Å²) in [6.07, 6.45) is 4.95. The second-order valence-electron chi connectivity index (χ2n) is 6.05. The Morgan fingerprint density at radius 2 is 1.78 bits per heavy atom. The molecule has 0 bridgehead atoms. The van der Waals surface area contributed by atoms with E-state index in [0.717, 1.165) is 37.7 Å². The van der Waals surface area contributed by atoms with Crippen LogP contribution in [-0.2, 0) is 9.59 Å². The van der Waals surface area contributed by atoms with Gasteiger partial charge in [-0.15, -0.1) is 0 Å². The number of carbonyl (C=O) groups is 2. The lowest BCUT2D eigenvalue weighted by atomic mass is 9.94. The van der Waals surface area contributed by atoms with Crippen LogP contribution in [-0.4, -0.2) is 22.8 Å². The number of rotatable bonds is 3.